The van der Waals surface area contributed by atoms with Gasteiger partial charge >= 0.3 is 0 Å². The lowest BCUT2D eigenvalue weighted by Crippen LogP contribution is -2.29. The van der Waals surface area contributed by atoms with Crippen LogP contribution in [0.3, 0.4) is 0 Å². The summed E-state index contributed by atoms with van der Waals surface area (Å²) in [6, 6.07) is 15.9. The van der Waals surface area contributed by atoms with Crippen LogP contribution in [0.2, 0.25) is 0 Å². The lowest BCUT2D eigenvalue weighted by molar-refractivity contribution is 0.551. The molecule has 0 aliphatic heterocycles. The van der Waals surface area contributed by atoms with Gasteiger partial charge in [0.15, 0.2) is 0 Å². The number of benzene rings is 2. The van der Waals surface area contributed by atoms with Crippen LogP contribution in [0.1, 0.15) is 47.2 Å². The van der Waals surface area contributed by atoms with Crippen LogP contribution < -0.4 is 11.3 Å². The lowest BCUT2D eigenvalue weighted by atomic mass is 9.96. The molecule has 21 heavy (non-hydrogen) atoms. The Morgan fingerprint density at radius 1 is 1.00 bits per heavy atom. The van der Waals surface area contributed by atoms with Crippen molar-refractivity contribution in [2.75, 3.05) is 0 Å². The molecule has 2 aromatic carbocycles. The molecule has 3 rings (SSSR count). The first kappa shape index (κ1) is 14.3. The molecular weight excluding hydrogens is 256 g/mol. The van der Waals surface area contributed by atoms with Crippen molar-refractivity contribution >= 4 is 0 Å². The Morgan fingerprint density at radius 3 is 2.43 bits per heavy atom. The summed E-state index contributed by atoms with van der Waals surface area (Å²) in [5.74, 6) is 5.80. The fourth-order valence-electron chi connectivity index (χ4n) is 3.23. The molecule has 3 N–H and O–H groups in total. The molecule has 0 fully saturated rings. The first-order valence-electron chi connectivity index (χ1n) is 7.95. The van der Waals surface area contributed by atoms with E-state index >= 15 is 0 Å². The summed E-state index contributed by atoms with van der Waals surface area (Å²) in [5.41, 5.74) is 10.0. The van der Waals surface area contributed by atoms with E-state index in [9.17, 15) is 0 Å². The zero-order valence-corrected chi connectivity index (χ0v) is 12.7. The quantitative estimate of drug-likeness (QED) is 0.650. The van der Waals surface area contributed by atoms with Crippen molar-refractivity contribution in [2.45, 2.75) is 45.1 Å². The summed E-state index contributed by atoms with van der Waals surface area (Å²) >= 11 is 0. The summed E-state index contributed by atoms with van der Waals surface area (Å²) in [6.07, 6.45) is 5.75. The van der Waals surface area contributed by atoms with Gasteiger partial charge in [0.05, 0.1) is 0 Å². The molecular formula is C19H24N2. The molecule has 0 radical (unpaired) electrons. The van der Waals surface area contributed by atoms with Crippen LogP contribution in [0.4, 0.5) is 0 Å². The highest BCUT2D eigenvalue weighted by Gasteiger charge is 2.15. The van der Waals surface area contributed by atoms with Crippen LogP contribution in [0, 0.1) is 0 Å². The largest absolute Gasteiger partial charge is 0.271 e. The third-order valence-electron chi connectivity index (χ3n) is 4.60. The number of aryl methyl sites for hydroxylation is 3. The third-order valence-corrected chi connectivity index (χ3v) is 4.60. The molecule has 0 spiro atoms. The van der Waals surface area contributed by atoms with Gasteiger partial charge in [0.1, 0.15) is 0 Å². The van der Waals surface area contributed by atoms with Crippen LogP contribution >= 0.6 is 0 Å². The Kier molecular flexibility index (Phi) is 4.37. The van der Waals surface area contributed by atoms with Crippen LogP contribution in [-0.4, -0.2) is 0 Å². The molecule has 1 aliphatic carbocycles. The zero-order chi connectivity index (χ0) is 14.7. The standard InChI is InChI=1S/C19H24N2/c1-2-14-6-8-15(9-7-14)12-19(21-20)18-11-10-16-4-3-5-17(16)13-18/h6-11,13,19,21H,2-5,12,20H2,1H3. The molecule has 0 aromatic heterocycles. The highest BCUT2D eigenvalue weighted by atomic mass is 15.2. The molecule has 0 amide bonds. The van der Waals surface area contributed by atoms with Gasteiger partial charge in [0.25, 0.3) is 0 Å². The highest BCUT2D eigenvalue weighted by Crippen LogP contribution is 2.26. The summed E-state index contributed by atoms with van der Waals surface area (Å²) in [6.45, 7) is 2.18. The molecule has 2 heteroatoms. The van der Waals surface area contributed by atoms with E-state index in [1.54, 1.807) is 0 Å². The summed E-state index contributed by atoms with van der Waals surface area (Å²) in [7, 11) is 0. The van der Waals surface area contributed by atoms with Crippen molar-refractivity contribution in [2.24, 2.45) is 5.84 Å². The maximum Gasteiger partial charge on any atom is 0.0500 e. The van der Waals surface area contributed by atoms with E-state index in [2.05, 4.69) is 54.8 Å². The molecule has 0 saturated carbocycles. The van der Waals surface area contributed by atoms with E-state index in [0.717, 1.165) is 12.8 Å². The number of hydrogen-bond acceptors (Lipinski definition) is 2. The Hall–Kier alpha value is -1.64. The Bertz CT molecular complexity index is 601. The molecule has 1 unspecified atom stereocenters. The molecule has 110 valence electrons. The van der Waals surface area contributed by atoms with Gasteiger partial charge in [-0.2, -0.15) is 0 Å². The minimum Gasteiger partial charge on any atom is -0.271 e. The molecule has 0 heterocycles. The van der Waals surface area contributed by atoms with E-state index in [1.807, 2.05) is 0 Å². The molecule has 0 saturated heterocycles. The van der Waals surface area contributed by atoms with Crippen LogP contribution in [-0.2, 0) is 25.7 Å². The van der Waals surface area contributed by atoms with Gasteiger partial charge < -0.3 is 0 Å². The second-order valence-electron chi connectivity index (χ2n) is 5.98. The Morgan fingerprint density at radius 2 is 1.71 bits per heavy atom. The average Bonchev–Trinajstić information content (AvgIpc) is 3.00. The molecule has 1 aliphatic rings. The van der Waals surface area contributed by atoms with Gasteiger partial charge in [0, 0.05) is 6.04 Å². The number of nitrogens with one attached hydrogen (secondary N) is 1. The van der Waals surface area contributed by atoms with Crippen molar-refractivity contribution < 1.29 is 0 Å². The monoisotopic (exact) mass is 280 g/mol. The fraction of sp³-hybridized carbons (Fsp3) is 0.368. The maximum absolute atomic E-state index is 5.80. The molecule has 0 bridgehead atoms. The minimum absolute atomic E-state index is 0.184. The Labute approximate surface area is 127 Å². The van der Waals surface area contributed by atoms with Crippen molar-refractivity contribution in [1.82, 2.24) is 5.43 Å². The first-order valence-corrected chi connectivity index (χ1v) is 7.95. The SMILES string of the molecule is CCc1ccc(CC(NN)c2ccc3c(c2)CCC3)cc1. The van der Waals surface area contributed by atoms with E-state index in [0.29, 0.717) is 0 Å². The number of rotatable bonds is 5. The van der Waals surface area contributed by atoms with E-state index in [1.165, 1.54) is 47.1 Å². The fourth-order valence-corrected chi connectivity index (χ4v) is 3.23. The number of hydrazine groups is 1. The van der Waals surface area contributed by atoms with Crippen LogP contribution in [0.15, 0.2) is 42.5 Å². The second kappa shape index (κ2) is 6.42. The highest BCUT2D eigenvalue weighted by molar-refractivity contribution is 5.37. The topological polar surface area (TPSA) is 38.0 Å². The van der Waals surface area contributed by atoms with Gasteiger partial charge in [0.2, 0.25) is 0 Å². The normalized spacial score (nSPS) is 15.0. The maximum atomic E-state index is 5.80. The summed E-state index contributed by atoms with van der Waals surface area (Å²) in [4.78, 5) is 0. The number of nitrogens with two attached hydrogens (primary N) is 1. The van der Waals surface area contributed by atoms with Crippen molar-refractivity contribution in [3.63, 3.8) is 0 Å². The zero-order valence-electron chi connectivity index (χ0n) is 12.7. The van der Waals surface area contributed by atoms with E-state index in [-0.39, 0.29) is 6.04 Å². The minimum atomic E-state index is 0.184. The van der Waals surface area contributed by atoms with Crippen molar-refractivity contribution in [3.8, 4) is 0 Å². The van der Waals surface area contributed by atoms with E-state index < -0.39 is 0 Å². The number of fused-ring (bicyclic) bond motifs is 1. The molecule has 1 atom stereocenters. The van der Waals surface area contributed by atoms with Gasteiger partial charge in [-0.25, -0.2) is 0 Å². The number of hydrogen-bond donors (Lipinski definition) is 2. The van der Waals surface area contributed by atoms with Gasteiger partial charge in [-0.05, 0) is 59.9 Å². The average molecular weight is 280 g/mol. The molecule has 2 nitrogen and oxygen atoms in total. The lowest BCUT2D eigenvalue weighted by Gasteiger charge is -2.18. The van der Waals surface area contributed by atoms with Crippen LogP contribution in [0.25, 0.3) is 0 Å². The van der Waals surface area contributed by atoms with E-state index in [4.69, 9.17) is 5.84 Å². The van der Waals surface area contributed by atoms with Crippen molar-refractivity contribution in [3.05, 3.63) is 70.3 Å². The van der Waals surface area contributed by atoms with Gasteiger partial charge in [-0.15, -0.1) is 0 Å². The predicted octanol–water partition coefficient (Wildman–Crippen LogP) is 3.48. The van der Waals surface area contributed by atoms with Gasteiger partial charge in [-0.3, -0.25) is 11.3 Å². The van der Waals surface area contributed by atoms with Crippen LogP contribution in [0.5, 0.6) is 0 Å². The van der Waals surface area contributed by atoms with Gasteiger partial charge in [-0.1, -0.05) is 49.4 Å². The predicted molar refractivity (Wildman–Crippen MR) is 88.1 cm³/mol. The third kappa shape index (κ3) is 3.17. The smallest absolute Gasteiger partial charge is 0.0500 e. The summed E-state index contributed by atoms with van der Waals surface area (Å²) < 4.78 is 0. The summed E-state index contributed by atoms with van der Waals surface area (Å²) in [5, 5.41) is 0. The first-order chi connectivity index (χ1) is 10.3. The Balaban J connectivity index is 1.78. The second-order valence-corrected chi connectivity index (χ2v) is 5.98. The van der Waals surface area contributed by atoms with Crippen molar-refractivity contribution in [1.29, 1.82) is 0 Å². The molecule has 2 aromatic rings.